The molecule has 5 rings (SSSR count). The van der Waals surface area contributed by atoms with Gasteiger partial charge in [-0.1, -0.05) is 29.8 Å². The van der Waals surface area contributed by atoms with E-state index in [0.717, 1.165) is 53.2 Å². The summed E-state index contributed by atoms with van der Waals surface area (Å²) in [5.41, 5.74) is 5.51. The maximum absolute atomic E-state index is 12.8. The third-order valence-corrected chi connectivity index (χ3v) is 6.21. The van der Waals surface area contributed by atoms with Crippen molar-refractivity contribution in [2.45, 2.75) is 19.4 Å². The maximum Gasteiger partial charge on any atom is 0.253 e. The van der Waals surface area contributed by atoms with E-state index >= 15 is 0 Å². The zero-order valence-electron chi connectivity index (χ0n) is 17.8. The number of hydrogen-bond acceptors (Lipinski definition) is 4. The van der Waals surface area contributed by atoms with Crippen LogP contribution in [0, 0.1) is 0 Å². The molecule has 2 aliphatic heterocycles. The summed E-state index contributed by atoms with van der Waals surface area (Å²) in [6.07, 6.45) is 6.35. The molecule has 0 spiro atoms. The minimum atomic E-state index is -0.109. The van der Waals surface area contributed by atoms with Crippen LogP contribution >= 0.6 is 11.6 Å². The summed E-state index contributed by atoms with van der Waals surface area (Å²) in [7, 11) is 0. The monoisotopic (exact) mass is 444 g/mol. The summed E-state index contributed by atoms with van der Waals surface area (Å²) in [6.45, 7) is 3.69. The van der Waals surface area contributed by atoms with Crippen molar-refractivity contribution in [2.75, 3.05) is 25.0 Å². The third-order valence-electron chi connectivity index (χ3n) is 5.96. The Bertz CT molecular complexity index is 1210. The van der Waals surface area contributed by atoms with Crippen LogP contribution in [0.1, 0.15) is 24.1 Å². The number of pyridine rings is 1. The highest BCUT2D eigenvalue weighted by Crippen LogP contribution is 2.22. The van der Waals surface area contributed by atoms with Gasteiger partial charge in [-0.15, -0.1) is 0 Å². The number of carbonyl (C=O) groups is 1. The van der Waals surface area contributed by atoms with E-state index in [4.69, 9.17) is 16.6 Å². The largest absolute Gasteiger partial charge is 0.380 e. The molecule has 32 heavy (non-hydrogen) atoms. The van der Waals surface area contributed by atoms with Gasteiger partial charge in [-0.3, -0.25) is 14.7 Å². The number of carbonyl (C=O) groups excluding carboxylic acids is 1. The summed E-state index contributed by atoms with van der Waals surface area (Å²) in [5.74, 6) is -0.109. The van der Waals surface area contributed by atoms with Crippen molar-refractivity contribution >= 4 is 39.8 Å². The van der Waals surface area contributed by atoms with Gasteiger partial charge in [0.1, 0.15) is 0 Å². The first kappa shape index (κ1) is 20.7. The molecule has 2 aliphatic rings. The predicted molar refractivity (Wildman–Crippen MR) is 130 cm³/mol. The van der Waals surface area contributed by atoms with Gasteiger partial charge in [-0.2, -0.15) is 0 Å². The van der Waals surface area contributed by atoms with E-state index < -0.39 is 0 Å². The van der Waals surface area contributed by atoms with Gasteiger partial charge in [0.15, 0.2) is 0 Å². The lowest BCUT2D eigenvalue weighted by atomic mass is 10.1. The molecule has 1 fully saturated rings. The number of aromatic nitrogens is 1. The number of nitrogens with one attached hydrogen (secondary N) is 2. The second-order valence-corrected chi connectivity index (χ2v) is 8.72. The lowest BCUT2D eigenvalue weighted by Gasteiger charge is -2.17. The van der Waals surface area contributed by atoms with Gasteiger partial charge in [-0.25, -0.2) is 0 Å². The minimum Gasteiger partial charge on any atom is -0.380 e. The Balaban J connectivity index is 1.26. The number of likely N-dealkylation sites (tertiary alicyclic amines) is 1. The number of halogens is 1. The summed E-state index contributed by atoms with van der Waals surface area (Å²) in [4.78, 5) is 20.0. The predicted octanol–water partition coefficient (Wildman–Crippen LogP) is 4.99. The van der Waals surface area contributed by atoms with E-state index in [9.17, 15) is 4.79 Å². The van der Waals surface area contributed by atoms with Gasteiger partial charge < -0.3 is 10.6 Å². The lowest BCUT2D eigenvalue weighted by Crippen LogP contribution is -2.26. The Morgan fingerprint density at radius 2 is 1.84 bits per heavy atom. The van der Waals surface area contributed by atoms with Crippen LogP contribution in [0.25, 0.3) is 16.6 Å². The highest BCUT2D eigenvalue weighted by molar-refractivity contribution is 6.30. The standard InChI is InChI=1S/C26H25ClN4O/c27-21-7-3-18(4-8-21)24-11-6-20(16-28-24)26(32)30-22-10-12-25-19(15-22)5-9-23(29-25)17-31-13-1-2-14-31/h3-12,15,28H,1-2,13-14,16-17H2,(H,30,32). The average Bonchev–Trinajstić information content (AvgIpc) is 3.33. The van der Waals surface area contributed by atoms with Crippen LogP contribution in [-0.4, -0.2) is 35.4 Å². The maximum atomic E-state index is 12.8. The van der Waals surface area contributed by atoms with Crippen LogP contribution in [0.4, 0.5) is 5.69 Å². The Morgan fingerprint density at radius 3 is 2.59 bits per heavy atom. The molecule has 3 aromatic rings. The molecule has 5 nitrogen and oxygen atoms in total. The van der Waals surface area contributed by atoms with Crippen LogP contribution in [-0.2, 0) is 11.3 Å². The zero-order valence-corrected chi connectivity index (χ0v) is 18.5. The number of fused-ring (bicyclic) bond motifs is 1. The fourth-order valence-corrected chi connectivity index (χ4v) is 4.32. The number of dihydropyridines is 1. The van der Waals surface area contributed by atoms with E-state index in [1.165, 1.54) is 12.8 Å². The van der Waals surface area contributed by atoms with Crippen LogP contribution < -0.4 is 10.6 Å². The Hall–Kier alpha value is -3.15. The van der Waals surface area contributed by atoms with Crippen molar-refractivity contribution < 1.29 is 4.79 Å². The van der Waals surface area contributed by atoms with E-state index in [-0.39, 0.29) is 5.91 Å². The molecule has 1 saturated heterocycles. The third kappa shape index (κ3) is 4.69. The van der Waals surface area contributed by atoms with Crippen molar-refractivity contribution in [3.05, 3.63) is 88.6 Å². The van der Waals surface area contributed by atoms with Crippen molar-refractivity contribution in [2.24, 2.45) is 0 Å². The van der Waals surface area contributed by atoms with Gasteiger partial charge in [-0.05, 0) is 80.0 Å². The van der Waals surface area contributed by atoms with E-state index in [1.807, 2.05) is 54.6 Å². The molecule has 0 bridgehead atoms. The van der Waals surface area contributed by atoms with E-state index in [0.29, 0.717) is 17.1 Å². The quantitative estimate of drug-likeness (QED) is 0.581. The Kier molecular flexibility index (Phi) is 5.93. The van der Waals surface area contributed by atoms with Gasteiger partial charge in [0.25, 0.3) is 5.91 Å². The molecule has 0 atom stereocenters. The SMILES string of the molecule is O=C(Nc1ccc2nc(CN3CCCC3)ccc2c1)C1=CC=C(c2ccc(Cl)cc2)NC1. The second kappa shape index (κ2) is 9.15. The Morgan fingerprint density at radius 1 is 1.03 bits per heavy atom. The first-order chi connectivity index (χ1) is 15.6. The summed E-state index contributed by atoms with van der Waals surface area (Å²) in [6, 6.07) is 17.7. The first-order valence-corrected chi connectivity index (χ1v) is 11.4. The number of nitrogens with zero attached hydrogens (tertiary/aromatic N) is 2. The Labute approximate surface area is 192 Å². The molecule has 2 N–H and O–H groups in total. The van der Waals surface area contributed by atoms with Gasteiger partial charge in [0.2, 0.25) is 0 Å². The molecule has 3 heterocycles. The van der Waals surface area contributed by atoms with Crippen LogP contribution in [0.3, 0.4) is 0 Å². The number of benzene rings is 2. The fraction of sp³-hybridized carbons (Fsp3) is 0.231. The molecule has 0 aliphatic carbocycles. The number of hydrogen-bond donors (Lipinski definition) is 2. The molecular formula is C26H25ClN4O. The normalized spacial score (nSPS) is 16.4. The molecule has 1 amide bonds. The number of allylic oxidation sites excluding steroid dienone is 2. The van der Waals surface area contributed by atoms with Crippen molar-refractivity contribution in [1.82, 2.24) is 15.2 Å². The molecule has 1 aromatic heterocycles. The fourth-order valence-electron chi connectivity index (χ4n) is 4.19. The number of amides is 1. The average molecular weight is 445 g/mol. The molecule has 0 radical (unpaired) electrons. The smallest absolute Gasteiger partial charge is 0.253 e. The minimum absolute atomic E-state index is 0.109. The van der Waals surface area contributed by atoms with Crippen molar-refractivity contribution in [1.29, 1.82) is 0 Å². The highest BCUT2D eigenvalue weighted by atomic mass is 35.5. The van der Waals surface area contributed by atoms with Gasteiger partial charge in [0, 0.05) is 40.5 Å². The topological polar surface area (TPSA) is 57.3 Å². The van der Waals surface area contributed by atoms with Gasteiger partial charge in [0.05, 0.1) is 11.2 Å². The van der Waals surface area contributed by atoms with Crippen LogP contribution in [0.2, 0.25) is 5.02 Å². The number of anilines is 1. The zero-order chi connectivity index (χ0) is 21.9. The molecule has 0 saturated carbocycles. The van der Waals surface area contributed by atoms with Crippen LogP contribution in [0.15, 0.2) is 72.3 Å². The summed E-state index contributed by atoms with van der Waals surface area (Å²) >= 11 is 5.96. The van der Waals surface area contributed by atoms with Crippen molar-refractivity contribution in [3.8, 4) is 0 Å². The van der Waals surface area contributed by atoms with Gasteiger partial charge >= 0.3 is 0 Å². The second-order valence-electron chi connectivity index (χ2n) is 8.28. The lowest BCUT2D eigenvalue weighted by molar-refractivity contribution is -0.112. The van der Waals surface area contributed by atoms with E-state index in [2.05, 4.69) is 27.7 Å². The number of rotatable bonds is 5. The van der Waals surface area contributed by atoms with E-state index in [1.54, 1.807) is 0 Å². The molecule has 0 unspecified atom stereocenters. The molecular weight excluding hydrogens is 420 g/mol. The van der Waals surface area contributed by atoms with Crippen LogP contribution in [0.5, 0.6) is 0 Å². The highest BCUT2D eigenvalue weighted by Gasteiger charge is 2.15. The molecule has 162 valence electrons. The molecule has 2 aromatic carbocycles. The summed E-state index contributed by atoms with van der Waals surface area (Å²) in [5, 5.41) is 8.05. The first-order valence-electron chi connectivity index (χ1n) is 11.0. The summed E-state index contributed by atoms with van der Waals surface area (Å²) < 4.78 is 0. The molecule has 6 heteroatoms. The van der Waals surface area contributed by atoms with Crippen molar-refractivity contribution in [3.63, 3.8) is 0 Å².